The van der Waals surface area contributed by atoms with Gasteiger partial charge in [0.05, 0.1) is 6.54 Å². The first-order valence-electron chi connectivity index (χ1n) is 14.0. The number of para-hydroxylation sites is 1. The van der Waals surface area contributed by atoms with Crippen molar-refractivity contribution in [3.05, 3.63) is 107 Å². The maximum absolute atomic E-state index is 10.9. The van der Waals surface area contributed by atoms with Crippen molar-refractivity contribution >= 4 is 17.6 Å². The highest BCUT2D eigenvalue weighted by molar-refractivity contribution is 5.51. The van der Waals surface area contributed by atoms with Crippen molar-refractivity contribution in [1.82, 2.24) is 14.5 Å². The summed E-state index contributed by atoms with van der Waals surface area (Å²) in [6.07, 6.45) is 5.77. The molecular formula is C32H33N5O5. The molecular weight excluding hydrogens is 534 g/mol. The van der Waals surface area contributed by atoms with E-state index in [1.807, 2.05) is 61.5 Å². The zero-order valence-electron chi connectivity index (χ0n) is 23.5. The van der Waals surface area contributed by atoms with E-state index in [-0.39, 0.29) is 11.8 Å². The van der Waals surface area contributed by atoms with Crippen LogP contribution in [0.3, 0.4) is 0 Å². The summed E-state index contributed by atoms with van der Waals surface area (Å²) < 4.78 is 19.4. The number of hydrogen-bond acceptors (Lipinski definition) is 8. The summed E-state index contributed by atoms with van der Waals surface area (Å²) in [5, 5.41) is 10.9. The van der Waals surface area contributed by atoms with Crippen molar-refractivity contribution in [2.75, 3.05) is 44.2 Å². The van der Waals surface area contributed by atoms with Gasteiger partial charge in [-0.15, -0.1) is 0 Å². The highest BCUT2D eigenvalue weighted by Crippen LogP contribution is 2.32. The predicted molar refractivity (Wildman–Crippen MR) is 160 cm³/mol. The molecule has 0 N–H and O–H groups in total. The first kappa shape index (κ1) is 27.3. The lowest BCUT2D eigenvalue weighted by molar-refractivity contribution is -0.389. The van der Waals surface area contributed by atoms with E-state index in [9.17, 15) is 10.1 Å². The van der Waals surface area contributed by atoms with Crippen LogP contribution < -0.4 is 19.1 Å². The second-order valence-electron chi connectivity index (χ2n) is 10.8. The van der Waals surface area contributed by atoms with Crippen molar-refractivity contribution in [2.45, 2.75) is 19.1 Å². The largest absolute Gasteiger partial charge is 0.489 e. The number of hydrogen-bond donors (Lipinski definition) is 0. The van der Waals surface area contributed by atoms with E-state index in [2.05, 4.69) is 51.2 Å². The van der Waals surface area contributed by atoms with Crippen LogP contribution >= 0.6 is 0 Å². The molecule has 0 unspecified atom stereocenters. The second-order valence-corrected chi connectivity index (χ2v) is 10.8. The number of nitrogens with zero attached hydrogens (tertiary/aromatic N) is 5. The van der Waals surface area contributed by atoms with Crippen LogP contribution in [-0.2, 0) is 6.54 Å². The van der Waals surface area contributed by atoms with Gasteiger partial charge in [-0.2, -0.15) is 0 Å². The van der Waals surface area contributed by atoms with Crippen LogP contribution in [0.2, 0.25) is 0 Å². The fourth-order valence-electron chi connectivity index (χ4n) is 5.14. The third-order valence-corrected chi connectivity index (χ3v) is 7.41. The summed E-state index contributed by atoms with van der Waals surface area (Å²) in [6, 6.07) is 26.3. The summed E-state index contributed by atoms with van der Waals surface area (Å²) in [4.78, 5) is 19.2. The standard InChI is InChI=1S/C32H33N5O5/c1-32(23-36-22-30(37(38)39)33-31(36)42-32)24-40-27-15-11-26(12-16-27)35-20-18-34(19-21-35)17-5-6-25-9-13-29(14-10-25)41-28-7-3-2-4-8-28/h2-16,22H,17-21,23-24H2,1H3/b6-5+/t32-/m1/s1. The number of rotatable bonds is 10. The highest BCUT2D eigenvalue weighted by atomic mass is 16.6. The first-order valence-corrected chi connectivity index (χ1v) is 14.0. The Hall–Kier alpha value is -4.83. The van der Waals surface area contributed by atoms with E-state index < -0.39 is 10.5 Å². The minimum Gasteiger partial charge on any atom is -0.489 e. The molecule has 1 saturated heterocycles. The quantitative estimate of drug-likeness (QED) is 0.179. The van der Waals surface area contributed by atoms with Crippen LogP contribution in [0.25, 0.3) is 6.08 Å². The van der Waals surface area contributed by atoms with Gasteiger partial charge in [0.15, 0.2) is 5.60 Å². The summed E-state index contributed by atoms with van der Waals surface area (Å²) >= 11 is 0. The van der Waals surface area contributed by atoms with Gasteiger partial charge >= 0.3 is 11.8 Å². The number of nitro groups is 1. The molecule has 0 bridgehead atoms. The Morgan fingerprint density at radius 3 is 2.33 bits per heavy atom. The number of anilines is 1. The maximum Gasteiger partial charge on any atom is 0.415 e. The van der Waals surface area contributed by atoms with Gasteiger partial charge in [-0.25, -0.2) is 0 Å². The fourth-order valence-corrected chi connectivity index (χ4v) is 5.14. The maximum atomic E-state index is 10.9. The minimum absolute atomic E-state index is 0.211. The Bertz CT molecular complexity index is 1500. The van der Waals surface area contributed by atoms with Gasteiger partial charge in [-0.05, 0) is 65.9 Å². The molecule has 2 aliphatic rings. The average molecular weight is 568 g/mol. The smallest absolute Gasteiger partial charge is 0.415 e. The molecule has 3 aromatic carbocycles. The van der Waals surface area contributed by atoms with Crippen LogP contribution in [0.1, 0.15) is 12.5 Å². The molecule has 3 heterocycles. The van der Waals surface area contributed by atoms with Crippen LogP contribution in [0.5, 0.6) is 23.3 Å². The molecule has 42 heavy (non-hydrogen) atoms. The van der Waals surface area contributed by atoms with Gasteiger partial charge < -0.3 is 29.2 Å². The Morgan fingerprint density at radius 2 is 1.64 bits per heavy atom. The van der Waals surface area contributed by atoms with Gasteiger partial charge in [0.2, 0.25) is 0 Å². The molecule has 1 atom stereocenters. The predicted octanol–water partition coefficient (Wildman–Crippen LogP) is 5.65. The van der Waals surface area contributed by atoms with Gasteiger partial charge in [-0.1, -0.05) is 42.5 Å². The molecule has 0 saturated carbocycles. The summed E-state index contributed by atoms with van der Waals surface area (Å²) in [5.41, 5.74) is 1.69. The van der Waals surface area contributed by atoms with Gasteiger partial charge in [0, 0.05) is 43.4 Å². The first-order chi connectivity index (χ1) is 20.4. The highest BCUT2D eigenvalue weighted by Gasteiger charge is 2.41. The summed E-state index contributed by atoms with van der Waals surface area (Å²) in [7, 11) is 0. The van der Waals surface area contributed by atoms with E-state index >= 15 is 0 Å². The summed E-state index contributed by atoms with van der Waals surface area (Å²) in [5.74, 6) is 2.20. The number of piperazine rings is 1. The van der Waals surface area contributed by atoms with Crippen molar-refractivity contribution in [1.29, 1.82) is 0 Å². The van der Waals surface area contributed by atoms with Crippen molar-refractivity contribution in [2.24, 2.45) is 0 Å². The average Bonchev–Trinajstić information content (AvgIpc) is 3.54. The Kier molecular flexibility index (Phi) is 7.78. The molecule has 0 spiro atoms. The molecule has 216 valence electrons. The topological polar surface area (TPSA) is 95.1 Å². The van der Waals surface area contributed by atoms with Crippen molar-refractivity contribution in [3.8, 4) is 23.3 Å². The number of aromatic nitrogens is 2. The molecule has 0 radical (unpaired) electrons. The number of fused-ring (bicyclic) bond motifs is 1. The molecule has 10 heteroatoms. The molecule has 1 fully saturated rings. The minimum atomic E-state index is -0.638. The molecule has 10 nitrogen and oxygen atoms in total. The normalized spacial score (nSPS) is 18.5. The van der Waals surface area contributed by atoms with Crippen LogP contribution in [0.4, 0.5) is 11.5 Å². The van der Waals surface area contributed by atoms with Crippen LogP contribution in [0, 0.1) is 10.1 Å². The zero-order chi connectivity index (χ0) is 28.9. The van der Waals surface area contributed by atoms with Crippen molar-refractivity contribution < 1.29 is 19.1 Å². The van der Waals surface area contributed by atoms with Crippen molar-refractivity contribution in [3.63, 3.8) is 0 Å². The number of imidazole rings is 1. The van der Waals surface area contributed by atoms with E-state index in [1.54, 1.807) is 4.57 Å². The SMILES string of the molecule is C[C@]1(COc2ccc(N3CCN(C/C=C/c4ccc(Oc5ccccc5)cc4)CC3)cc2)Cn2cc([N+](=O)[O-])nc2O1. The lowest BCUT2D eigenvalue weighted by atomic mass is 10.1. The molecule has 1 aromatic heterocycles. The Labute approximate surface area is 244 Å². The fraction of sp³-hybridized carbons (Fsp3) is 0.281. The Balaban J connectivity index is 0.924. The molecule has 4 aromatic rings. The lowest BCUT2D eigenvalue weighted by Gasteiger charge is -2.35. The van der Waals surface area contributed by atoms with Crippen LogP contribution in [0.15, 0.2) is 91.1 Å². The van der Waals surface area contributed by atoms with E-state index in [1.165, 1.54) is 11.9 Å². The molecule has 6 rings (SSSR count). The third-order valence-electron chi connectivity index (χ3n) is 7.41. The molecule has 2 aliphatic heterocycles. The zero-order valence-corrected chi connectivity index (χ0v) is 23.5. The van der Waals surface area contributed by atoms with Crippen LogP contribution in [-0.4, -0.2) is 64.3 Å². The third kappa shape index (κ3) is 6.55. The lowest BCUT2D eigenvalue weighted by Crippen LogP contribution is -2.46. The monoisotopic (exact) mass is 567 g/mol. The molecule has 0 amide bonds. The van der Waals surface area contributed by atoms with Gasteiger partial charge in [0.25, 0.3) is 0 Å². The number of benzene rings is 3. The number of ether oxygens (including phenoxy) is 3. The molecule has 0 aliphatic carbocycles. The summed E-state index contributed by atoms with van der Waals surface area (Å²) in [6.45, 7) is 7.49. The van der Waals surface area contributed by atoms with E-state index in [0.717, 1.165) is 55.5 Å². The van der Waals surface area contributed by atoms with Gasteiger partial charge in [-0.3, -0.25) is 9.47 Å². The van der Waals surface area contributed by atoms with E-state index in [4.69, 9.17) is 14.2 Å². The van der Waals surface area contributed by atoms with E-state index in [0.29, 0.717) is 13.2 Å². The Morgan fingerprint density at radius 1 is 0.952 bits per heavy atom. The van der Waals surface area contributed by atoms with Gasteiger partial charge in [0.1, 0.15) is 30.1 Å². The second kappa shape index (κ2) is 12.0.